The van der Waals surface area contributed by atoms with Crippen molar-refractivity contribution < 1.29 is 14.0 Å². The van der Waals surface area contributed by atoms with Crippen LogP contribution >= 0.6 is 0 Å². The van der Waals surface area contributed by atoms with Gasteiger partial charge < -0.3 is 4.90 Å². The van der Waals surface area contributed by atoms with Gasteiger partial charge in [-0.1, -0.05) is 30.3 Å². The van der Waals surface area contributed by atoms with Crippen LogP contribution in [0.3, 0.4) is 0 Å². The second-order valence-electron chi connectivity index (χ2n) is 5.04. The highest BCUT2D eigenvalue weighted by molar-refractivity contribution is 6.52. The molecule has 3 nitrogen and oxygen atoms in total. The number of amides is 1. The Morgan fingerprint density at radius 2 is 1.76 bits per heavy atom. The van der Waals surface area contributed by atoms with Crippen molar-refractivity contribution in [2.24, 2.45) is 0 Å². The number of hydrogen-bond acceptors (Lipinski definition) is 2. The molecule has 0 bridgehead atoms. The fourth-order valence-corrected chi connectivity index (χ4v) is 2.58. The van der Waals surface area contributed by atoms with Crippen molar-refractivity contribution in [1.29, 1.82) is 0 Å². The molecule has 0 radical (unpaired) electrons. The number of rotatable bonds is 4. The van der Waals surface area contributed by atoms with Gasteiger partial charge in [0.15, 0.2) is 0 Å². The molecule has 106 valence electrons. The molecule has 0 spiro atoms. The van der Waals surface area contributed by atoms with E-state index in [0.717, 1.165) is 12.8 Å². The van der Waals surface area contributed by atoms with Crippen LogP contribution in [0.2, 0.25) is 0 Å². The minimum Gasteiger partial charge on any atom is -0.305 e. The molecule has 2 aromatic carbocycles. The summed E-state index contributed by atoms with van der Waals surface area (Å²) in [6, 6.07) is 13.7. The zero-order valence-electron chi connectivity index (χ0n) is 11.4. The maximum Gasteiger partial charge on any atom is 0.299 e. The predicted octanol–water partition coefficient (Wildman–Crippen LogP) is 2.99. The van der Waals surface area contributed by atoms with E-state index in [1.807, 2.05) is 30.3 Å². The summed E-state index contributed by atoms with van der Waals surface area (Å²) in [7, 11) is 0. The van der Waals surface area contributed by atoms with Crippen LogP contribution in [0.4, 0.5) is 10.1 Å². The Labute approximate surface area is 122 Å². The lowest BCUT2D eigenvalue weighted by molar-refractivity contribution is -0.114. The van der Waals surface area contributed by atoms with Crippen molar-refractivity contribution in [3.63, 3.8) is 0 Å². The van der Waals surface area contributed by atoms with Gasteiger partial charge in [-0.05, 0) is 36.6 Å². The van der Waals surface area contributed by atoms with Gasteiger partial charge in [0.1, 0.15) is 5.82 Å². The molecule has 4 heteroatoms. The van der Waals surface area contributed by atoms with Crippen molar-refractivity contribution >= 4 is 17.4 Å². The standard InChI is InChI=1S/C17H14FNO2/c18-13-8-9-14-15(11-13)19(17(21)16(14)20)10-4-7-12-5-2-1-3-6-12/h1-3,5-6,8-9,11H,4,7,10H2. The molecule has 0 fully saturated rings. The predicted molar refractivity (Wildman–Crippen MR) is 77.8 cm³/mol. The van der Waals surface area contributed by atoms with Gasteiger partial charge in [0.2, 0.25) is 0 Å². The molecule has 0 unspecified atom stereocenters. The van der Waals surface area contributed by atoms with Gasteiger partial charge in [-0.15, -0.1) is 0 Å². The van der Waals surface area contributed by atoms with Crippen LogP contribution in [-0.4, -0.2) is 18.2 Å². The first-order valence-electron chi connectivity index (χ1n) is 6.86. The monoisotopic (exact) mass is 283 g/mol. The highest BCUT2D eigenvalue weighted by Crippen LogP contribution is 2.29. The third kappa shape index (κ3) is 2.57. The smallest absolute Gasteiger partial charge is 0.299 e. The number of halogens is 1. The van der Waals surface area contributed by atoms with Crippen LogP contribution in [0.1, 0.15) is 22.3 Å². The van der Waals surface area contributed by atoms with Crippen LogP contribution in [0.25, 0.3) is 0 Å². The fourth-order valence-electron chi connectivity index (χ4n) is 2.58. The van der Waals surface area contributed by atoms with Gasteiger partial charge in [-0.3, -0.25) is 9.59 Å². The number of hydrogen-bond donors (Lipinski definition) is 0. The number of anilines is 1. The number of ketones is 1. The van der Waals surface area contributed by atoms with E-state index < -0.39 is 17.5 Å². The lowest BCUT2D eigenvalue weighted by atomic mass is 10.1. The first-order valence-corrected chi connectivity index (χ1v) is 6.86. The Kier molecular flexibility index (Phi) is 3.52. The van der Waals surface area contributed by atoms with E-state index in [4.69, 9.17) is 0 Å². The summed E-state index contributed by atoms with van der Waals surface area (Å²) in [5.74, 6) is -1.56. The lowest BCUT2D eigenvalue weighted by Crippen LogP contribution is -2.30. The highest BCUT2D eigenvalue weighted by Gasteiger charge is 2.35. The van der Waals surface area contributed by atoms with Crippen LogP contribution in [0.5, 0.6) is 0 Å². The molecule has 21 heavy (non-hydrogen) atoms. The van der Waals surface area contributed by atoms with Crippen molar-refractivity contribution in [2.45, 2.75) is 12.8 Å². The maximum absolute atomic E-state index is 13.3. The number of carbonyl (C=O) groups is 2. The van der Waals surface area contributed by atoms with Crippen molar-refractivity contribution in [1.82, 2.24) is 0 Å². The Morgan fingerprint density at radius 1 is 1.00 bits per heavy atom. The Hall–Kier alpha value is -2.49. The zero-order valence-corrected chi connectivity index (χ0v) is 11.4. The molecule has 1 aliphatic heterocycles. The van der Waals surface area contributed by atoms with Crippen LogP contribution in [0, 0.1) is 5.82 Å². The summed E-state index contributed by atoms with van der Waals surface area (Å²) in [4.78, 5) is 25.2. The fraction of sp³-hybridized carbons (Fsp3) is 0.176. The summed E-state index contributed by atoms with van der Waals surface area (Å²) >= 11 is 0. The minimum atomic E-state index is -0.566. The molecule has 1 aliphatic rings. The maximum atomic E-state index is 13.3. The van der Waals surface area contributed by atoms with E-state index in [-0.39, 0.29) is 0 Å². The number of aryl methyl sites for hydroxylation is 1. The van der Waals surface area contributed by atoms with E-state index in [1.54, 1.807) is 0 Å². The Morgan fingerprint density at radius 3 is 2.52 bits per heavy atom. The molecule has 0 saturated heterocycles. The number of benzene rings is 2. The summed E-state index contributed by atoms with van der Waals surface area (Å²) in [5.41, 5.74) is 1.86. The highest BCUT2D eigenvalue weighted by atomic mass is 19.1. The molecule has 0 atom stereocenters. The first kappa shape index (κ1) is 13.5. The average molecular weight is 283 g/mol. The van der Waals surface area contributed by atoms with Gasteiger partial charge in [-0.2, -0.15) is 0 Å². The van der Waals surface area contributed by atoms with Gasteiger partial charge >= 0.3 is 0 Å². The van der Waals surface area contributed by atoms with Crippen molar-refractivity contribution in [3.05, 3.63) is 65.5 Å². The molecule has 1 amide bonds. The molecule has 0 N–H and O–H groups in total. The summed E-state index contributed by atoms with van der Waals surface area (Å²) in [5, 5.41) is 0. The number of nitrogens with zero attached hydrogens (tertiary/aromatic N) is 1. The first-order chi connectivity index (χ1) is 10.2. The quantitative estimate of drug-likeness (QED) is 0.809. The molecule has 0 saturated carbocycles. The molecule has 0 aliphatic carbocycles. The van der Waals surface area contributed by atoms with Gasteiger partial charge in [-0.25, -0.2) is 4.39 Å². The number of Topliss-reactive ketones (excluding diaryl/α,β-unsaturated/α-hetero) is 1. The number of fused-ring (bicyclic) bond motifs is 1. The summed E-state index contributed by atoms with van der Waals surface area (Å²) < 4.78 is 13.3. The van der Waals surface area contributed by atoms with Gasteiger partial charge in [0.25, 0.3) is 11.7 Å². The topological polar surface area (TPSA) is 37.4 Å². The van der Waals surface area contributed by atoms with Crippen molar-refractivity contribution in [2.75, 3.05) is 11.4 Å². The third-order valence-corrected chi connectivity index (χ3v) is 3.62. The van der Waals surface area contributed by atoms with E-state index in [0.29, 0.717) is 17.8 Å². The largest absolute Gasteiger partial charge is 0.305 e. The molecular weight excluding hydrogens is 269 g/mol. The minimum absolute atomic E-state index is 0.293. The van der Waals surface area contributed by atoms with Crippen LogP contribution in [0.15, 0.2) is 48.5 Å². The zero-order chi connectivity index (χ0) is 14.8. The van der Waals surface area contributed by atoms with E-state index in [1.165, 1.54) is 28.7 Å². The van der Waals surface area contributed by atoms with Gasteiger partial charge in [0, 0.05) is 6.54 Å². The molecule has 1 heterocycles. The van der Waals surface area contributed by atoms with Gasteiger partial charge in [0.05, 0.1) is 11.3 Å². The lowest BCUT2D eigenvalue weighted by Gasteiger charge is -2.16. The van der Waals surface area contributed by atoms with Crippen LogP contribution in [-0.2, 0) is 11.2 Å². The SMILES string of the molecule is O=C1C(=O)N(CCCc2ccccc2)c2cc(F)ccc21. The summed E-state index contributed by atoms with van der Waals surface area (Å²) in [6.45, 7) is 0.413. The van der Waals surface area contributed by atoms with E-state index in [2.05, 4.69) is 0 Å². The van der Waals surface area contributed by atoms with E-state index in [9.17, 15) is 14.0 Å². The Bertz CT molecular complexity index is 697. The average Bonchev–Trinajstić information content (AvgIpc) is 2.73. The molecular formula is C17H14FNO2. The summed E-state index contributed by atoms with van der Waals surface area (Å²) in [6.07, 6.45) is 1.53. The van der Waals surface area contributed by atoms with E-state index >= 15 is 0 Å². The van der Waals surface area contributed by atoms with Crippen LogP contribution < -0.4 is 4.90 Å². The van der Waals surface area contributed by atoms with Crippen molar-refractivity contribution in [3.8, 4) is 0 Å². The third-order valence-electron chi connectivity index (χ3n) is 3.62. The second-order valence-corrected chi connectivity index (χ2v) is 5.04. The Balaban J connectivity index is 1.73. The number of carbonyl (C=O) groups excluding carboxylic acids is 2. The molecule has 3 rings (SSSR count). The second kappa shape index (κ2) is 5.48. The normalized spacial score (nSPS) is 13.7. The molecule has 0 aromatic heterocycles. The molecule has 2 aromatic rings.